The van der Waals surface area contributed by atoms with E-state index in [2.05, 4.69) is 0 Å². The molecule has 1 saturated heterocycles. The fraction of sp³-hybridized carbons (Fsp3) is 0.812. The van der Waals surface area contributed by atoms with Gasteiger partial charge < -0.3 is 19.6 Å². The van der Waals surface area contributed by atoms with Gasteiger partial charge in [-0.1, -0.05) is 0 Å². The van der Waals surface area contributed by atoms with Crippen LogP contribution in [0.25, 0.3) is 0 Å². The molecule has 1 aliphatic heterocycles. The summed E-state index contributed by atoms with van der Waals surface area (Å²) in [5.41, 5.74) is -0.525. The molecule has 0 saturated carbocycles. The van der Waals surface area contributed by atoms with Crippen molar-refractivity contribution in [2.75, 3.05) is 26.2 Å². The van der Waals surface area contributed by atoms with Gasteiger partial charge in [0.25, 0.3) is 0 Å². The maximum absolute atomic E-state index is 12.1. The zero-order valence-electron chi connectivity index (χ0n) is 14.3. The van der Waals surface area contributed by atoms with Crippen molar-refractivity contribution < 1.29 is 24.2 Å². The molecule has 0 atom stereocenters. The standard InChI is InChI=1S/C16H28N2O5/c1-16(2,3)23-15(22)18-10-6-9-17(11-12-18)13(19)7-4-5-8-14(20)21/h4-12H2,1-3H3,(H,20,21). The van der Waals surface area contributed by atoms with E-state index in [1.54, 1.807) is 9.80 Å². The van der Waals surface area contributed by atoms with Crippen molar-refractivity contribution in [1.82, 2.24) is 9.80 Å². The number of hydrogen-bond acceptors (Lipinski definition) is 4. The molecule has 7 heteroatoms. The number of amides is 2. The van der Waals surface area contributed by atoms with Gasteiger partial charge in [0, 0.05) is 39.0 Å². The molecule has 1 fully saturated rings. The van der Waals surface area contributed by atoms with Crippen LogP contribution in [0.15, 0.2) is 0 Å². The average Bonchev–Trinajstić information content (AvgIpc) is 2.67. The summed E-state index contributed by atoms with van der Waals surface area (Å²) < 4.78 is 5.36. The summed E-state index contributed by atoms with van der Waals surface area (Å²) in [7, 11) is 0. The third-order valence-corrected chi connectivity index (χ3v) is 3.53. The molecule has 1 heterocycles. The highest BCUT2D eigenvalue weighted by molar-refractivity contribution is 5.76. The van der Waals surface area contributed by atoms with Crippen LogP contribution in [-0.2, 0) is 14.3 Å². The Labute approximate surface area is 137 Å². The third-order valence-electron chi connectivity index (χ3n) is 3.53. The SMILES string of the molecule is CC(C)(C)OC(=O)N1CCCN(C(=O)CCCCC(=O)O)CC1. The number of rotatable bonds is 5. The van der Waals surface area contributed by atoms with Crippen molar-refractivity contribution in [3.63, 3.8) is 0 Å². The summed E-state index contributed by atoms with van der Waals surface area (Å²) in [5.74, 6) is -0.804. The highest BCUT2D eigenvalue weighted by atomic mass is 16.6. The largest absolute Gasteiger partial charge is 0.481 e. The minimum Gasteiger partial charge on any atom is -0.481 e. The first kappa shape index (κ1) is 19.3. The van der Waals surface area contributed by atoms with E-state index in [9.17, 15) is 14.4 Å². The van der Waals surface area contributed by atoms with Crippen molar-refractivity contribution >= 4 is 18.0 Å². The van der Waals surface area contributed by atoms with E-state index < -0.39 is 11.6 Å². The molecule has 1 rings (SSSR count). The van der Waals surface area contributed by atoms with Gasteiger partial charge >= 0.3 is 12.1 Å². The van der Waals surface area contributed by atoms with Crippen LogP contribution in [0.3, 0.4) is 0 Å². The Kier molecular flexibility index (Phi) is 7.32. The quantitative estimate of drug-likeness (QED) is 0.781. The molecule has 0 aromatic carbocycles. The number of carbonyl (C=O) groups excluding carboxylic acids is 2. The second-order valence-corrected chi connectivity index (χ2v) is 6.80. The van der Waals surface area contributed by atoms with Crippen LogP contribution in [0.5, 0.6) is 0 Å². The maximum Gasteiger partial charge on any atom is 0.410 e. The highest BCUT2D eigenvalue weighted by Gasteiger charge is 2.25. The van der Waals surface area contributed by atoms with Crippen LogP contribution in [-0.4, -0.2) is 64.7 Å². The number of carbonyl (C=O) groups is 3. The van der Waals surface area contributed by atoms with Crippen molar-refractivity contribution in [3.8, 4) is 0 Å². The van der Waals surface area contributed by atoms with Crippen LogP contribution in [0, 0.1) is 0 Å². The number of ether oxygens (including phenoxy) is 1. The smallest absolute Gasteiger partial charge is 0.410 e. The zero-order chi connectivity index (χ0) is 17.5. The van der Waals surface area contributed by atoms with Gasteiger partial charge in [0.15, 0.2) is 0 Å². The molecular formula is C16H28N2O5. The number of aliphatic carboxylic acids is 1. The van der Waals surface area contributed by atoms with Crippen LogP contribution < -0.4 is 0 Å². The first-order chi connectivity index (χ1) is 10.7. The molecule has 0 aromatic rings. The zero-order valence-corrected chi connectivity index (χ0v) is 14.3. The lowest BCUT2D eigenvalue weighted by molar-refractivity contribution is -0.137. The molecule has 7 nitrogen and oxygen atoms in total. The molecular weight excluding hydrogens is 300 g/mol. The van der Waals surface area contributed by atoms with E-state index in [-0.39, 0.29) is 18.4 Å². The number of nitrogens with zero attached hydrogens (tertiary/aromatic N) is 2. The lowest BCUT2D eigenvalue weighted by Crippen LogP contribution is -2.40. The lowest BCUT2D eigenvalue weighted by Gasteiger charge is -2.26. The Hall–Kier alpha value is -1.79. The van der Waals surface area contributed by atoms with Crippen LogP contribution >= 0.6 is 0 Å². The van der Waals surface area contributed by atoms with E-state index >= 15 is 0 Å². The second kappa shape index (κ2) is 8.74. The molecule has 0 aliphatic carbocycles. The first-order valence-electron chi connectivity index (χ1n) is 8.16. The molecule has 0 bridgehead atoms. The van der Waals surface area contributed by atoms with Crippen LogP contribution in [0.4, 0.5) is 4.79 Å². The minimum absolute atomic E-state index is 0.0291. The van der Waals surface area contributed by atoms with Crippen molar-refractivity contribution in [3.05, 3.63) is 0 Å². The maximum atomic E-state index is 12.1. The summed E-state index contributed by atoms with van der Waals surface area (Å²) in [4.78, 5) is 38.0. The van der Waals surface area contributed by atoms with E-state index in [1.165, 1.54) is 0 Å². The average molecular weight is 328 g/mol. The third kappa shape index (κ3) is 7.85. The highest BCUT2D eigenvalue weighted by Crippen LogP contribution is 2.13. The van der Waals surface area contributed by atoms with Crippen LogP contribution in [0.1, 0.15) is 52.9 Å². The fourth-order valence-corrected chi connectivity index (χ4v) is 2.39. The van der Waals surface area contributed by atoms with Crippen LogP contribution in [0.2, 0.25) is 0 Å². The molecule has 2 amide bonds. The molecule has 132 valence electrons. The van der Waals surface area contributed by atoms with E-state index in [0.717, 1.165) is 6.42 Å². The van der Waals surface area contributed by atoms with E-state index in [4.69, 9.17) is 9.84 Å². The fourth-order valence-electron chi connectivity index (χ4n) is 2.39. The van der Waals surface area contributed by atoms with Gasteiger partial charge in [0.2, 0.25) is 5.91 Å². The van der Waals surface area contributed by atoms with Gasteiger partial charge in [-0.15, -0.1) is 0 Å². The van der Waals surface area contributed by atoms with Gasteiger partial charge in [0.1, 0.15) is 5.60 Å². The molecule has 1 aliphatic rings. The Balaban J connectivity index is 2.38. The molecule has 1 N–H and O–H groups in total. The predicted octanol–water partition coefficient (Wildman–Crippen LogP) is 2.10. The Bertz CT molecular complexity index is 431. The normalized spacial score (nSPS) is 16.0. The van der Waals surface area contributed by atoms with Crippen molar-refractivity contribution in [2.24, 2.45) is 0 Å². The monoisotopic (exact) mass is 328 g/mol. The minimum atomic E-state index is -0.833. The topological polar surface area (TPSA) is 87.2 Å². The Morgan fingerprint density at radius 2 is 1.52 bits per heavy atom. The van der Waals surface area contributed by atoms with Crippen molar-refractivity contribution in [1.29, 1.82) is 0 Å². The number of hydrogen-bond donors (Lipinski definition) is 1. The summed E-state index contributed by atoms with van der Waals surface area (Å²) in [6, 6.07) is 0. The van der Waals surface area contributed by atoms with Gasteiger partial charge in [-0.3, -0.25) is 9.59 Å². The predicted molar refractivity (Wildman–Crippen MR) is 85.1 cm³/mol. The molecule has 0 unspecified atom stereocenters. The lowest BCUT2D eigenvalue weighted by atomic mass is 10.2. The summed E-state index contributed by atoms with van der Waals surface area (Å²) in [6.45, 7) is 7.66. The molecule has 0 radical (unpaired) electrons. The van der Waals surface area contributed by atoms with E-state index in [0.29, 0.717) is 45.4 Å². The first-order valence-corrected chi connectivity index (χ1v) is 8.16. The summed E-state index contributed by atoms with van der Waals surface area (Å²) in [6.07, 6.45) is 1.93. The van der Waals surface area contributed by atoms with Crippen molar-refractivity contribution in [2.45, 2.75) is 58.5 Å². The second-order valence-electron chi connectivity index (χ2n) is 6.80. The Morgan fingerprint density at radius 1 is 0.957 bits per heavy atom. The number of carboxylic acid groups (broad SMARTS) is 1. The van der Waals surface area contributed by atoms with Gasteiger partial charge in [-0.25, -0.2) is 4.79 Å². The molecule has 0 spiro atoms. The molecule has 23 heavy (non-hydrogen) atoms. The van der Waals surface area contributed by atoms with E-state index in [1.807, 2.05) is 20.8 Å². The number of unbranched alkanes of at least 4 members (excludes halogenated alkanes) is 1. The van der Waals surface area contributed by atoms with Gasteiger partial charge in [0.05, 0.1) is 0 Å². The van der Waals surface area contributed by atoms with Gasteiger partial charge in [-0.05, 0) is 40.0 Å². The summed E-state index contributed by atoms with van der Waals surface area (Å²) in [5, 5.41) is 8.58. The molecule has 0 aromatic heterocycles. The number of carboxylic acids is 1. The van der Waals surface area contributed by atoms with Gasteiger partial charge in [-0.2, -0.15) is 0 Å². The summed E-state index contributed by atoms with van der Waals surface area (Å²) >= 11 is 0. The Morgan fingerprint density at radius 3 is 2.13 bits per heavy atom.